The molecule has 0 saturated carbocycles. The maximum absolute atomic E-state index is 10.2. The first-order valence-electron chi connectivity index (χ1n) is 8.61. The minimum atomic E-state index is -0.879. The molecule has 0 amide bonds. The molecule has 0 unspecified atom stereocenters. The van der Waals surface area contributed by atoms with E-state index in [-0.39, 0.29) is 21.7 Å². The van der Waals surface area contributed by atoms with Crippen molar-refractivity contribution in [3.63, 3.8) is 0 Å². The molecule has 4 rings (SSSR count). The van der Waals surface area contributed by atoms with Gasteiger partial charge in [-0.1, -0.05) is 36.4 Å². The van der Waals surface area contributed by atoms with E-state index in [0.29, 0.717) is 11.1 Å². The number of rotatable bonds is 2. The minimum absolute atomic E-state index is 0. The quantitative estimate of drug-likeness (QED) is 0.504. The van der Waals surface area contributed by atoms with Gasteiger partial charge in [0.15, 0.2) is 0 Å². The Hall–Kier alpha value is -2.95. The molecule has 2 N–H and O–H groups in total. The van der Waals surface area contributed by atoms with Crippen molar-refractivity contribution in [2.24, 2.45) is 0 Å². The van der Waals surface area contributed by atoms with Gasteiger partial charge in [-0.25, -0.2) is 33.9 Å². The summed E-state index contributed by atoms with van der Waals surface area (Å²) in [7, 11) is 0. The zero-order chi connectivity index (χ0) is 20.5. The van der Waals surface area contributed by atoms with E-state index in [1.54, 1.807) is 60.7 Å². The number of hydrogen-bond acceptors (Lipinski definition) is 2. The van der Waals surface area contributed by atoms with E-state index in [2.05, 4.69) is 24.3 Å². The molecule has 0 fully saturated rings. The Morgan fingerprint density at radius 1 is 0.655 bits per heavy atom. The first kappa shape index (κ1) is 26.1. The van der Waals surface area contributed by atoms with Gasteiger partial charge in [0.05, 0.1) is 11.1 Å². The van der Waals surface area contributed by atoms with Crippen LogP contribution < -0.4 is 0 Å². The summed E-state index contributed by atoms with van der Waals surface area (Å²) in [5.41, 5.74) is 0.662. The summed E-state index contributed by atoms with van der Waals surface area (Å²) < 4.78 is 0. The summed E-state index contributed by atoms with van der Waals surface area (Å²) >= 11 is 0. The molecule has 2 aromatic rings. The predicted molar refractivity (Wildman–Crippen MR) is 110 cm³/mol. The molecule has 2 aliphatic carbocycles. The van der Waals surface area contributed by atoms with E-state index >= 15 is 0 Å². The smallest absolute Gasteiger partial charge is 0.478 e. The van der Waals surface area contributed by atoms with Gasteiger partial charge >= 0.3 is 33.7 Å². The van der Waals surface area contributed by atoms with Crippen LogP contribution in [0.25, 0.3) is 0 Å². The van der Waals surface area contributed by atoms with Crippen molar-refractivity contribution in [1.29, 1.82) is 0 Å². The Bertz CT molecular complexity index is 731. The Labute approximate surface area is 186 Å². The standard InChI is InChI=1S/2C7H6O2.2C5H5.Ti/c2*8-7(9)6-4-2-1-3-5-6;2*1-2-4-5-3-1;/h2*1-5H,(H,8,9);2*1-3H,4H2;/q;;2*-1;+2. The largest absolute Gasteiger partial charge is 2.00 e. The van der Waals surface area contributed by atoms with Gasteiger partial charge in [0.25, 0.3) is 0 Å². The van der Waals surface area contributed by atoms with Crippen LogP contribution >= 0.6 is 0 Å². The van der Waals surface area contributed by atoms with Gasteiger partial charge in [-0.2, -0.15) is 12.2 Å². The number of aromatic carboxylic acids is 2. The summed E-state index contributed by atoms with van der Waals surface area (Å²) in [6, 6.07) is 16.6. The summed E-state index contributed by atoms with van der Waals surface area (Å²) in [5, 5.41) is 16.8. The third-order valence-corrected chi connectivity index (χ3v) is 3.21. The fourth-order valence-electron chi connectivity index (χ4n) is 1.84. The van der Waals surface area contributed by atoms with Crippen LogP contribution in [0.2, 0.25) is 0 Å². The summed E-state index contributed by atoms with van der Waals surface area (Å²) in [4.78, 5) is 20.4. The van der Waals surface area contributed by atoms with E-state index in [1.165, 1.54) is 0 Å². The topological polar surface area (TPSA) is 74.6 Å². The van der Waals surface area contributed by atoms with Crippen LogP contribution in [0.3, 0.4) is 0 Å². The molecule has 0 spiro atoms. The molecular formula is C24H22O4Ti. The third kappa shape index (κ3) is 13.8. The van der Waals surface area contributed by atoms with E-state index in [4.69, 9.17) is 10.2 Å². The van der Waals surface area contributed by atoms with Gasteiger partial charge in [0, 0.05) is 0 Å². The molecule has 2 aromatic carbocycles. The van der Waals surface area contributed by atoms with E-state index in [1.807, 2.05) is 24.3 Å². The number of carboxylic acid groups (broad SMARTS) is 2. The van der Waals surface area contributed by atoms with Crippen LogP contribution in [0.4, 0.5) is 0 Å². The molecule has 0 aromatic heterocycles. The second kappa shape index (κ2) is 17.2. The first-order valence-corrected chi connectivity index (χ1v) is 8.61. The van der Waals surface area contributed by atoms with Crippen molar-refractivity contribution in [2.75, 3.05) is 0 Å². The number of allylic oxidation sites excluding steroid dienone is 8. The van der Waals surface area contributed by atoms with Gasteiger partial charge in [-0.15, -0.1) is 12.8 Å². The van der Waals surface area contributed by atoms with Gasteiger partial charge in [-0.05, 0) is 24.3 Å². The van der Waals surface area contributed by atoms with Crippen molar-refractivity contribution >= 4 is 11.9 Å². The molecule has 5 heteroatoms. The van der Waals surface area contributed by atoms with Crippen LogP contribution in [0.1, 0.15) is 33.6 Å². The first-order chi connectivity index (χ1) is 13.6. The average Bonchev–Trinajstić information content (AvgIpc) is 3.48. The van der Waals surface area contributed by atoms with Gasteiger partial charge < -0.3 is 10.2 Å². The molecule has 0 atom stereocenters. The molecule has 0 saturated heterocycles. The summed E-state index contributed by atoms with van der Waals surface area (Å²) in [6.45, 7) is 0. The molecule has 146 valence electrons. The molecule has 0 radical (unpaired) electrons. The van der Waals surface area contributed by atoms with Crippen LogP contribution in [-0.2, 0) is 21.7 Å². The van der Waals surface area contributed by atoms with E-state index < -0.39 is 11.9 Å². The van der Waals surface area contributed by atoms with Crippen molar-refractivity contribution < 1.29 is 41.5 Å². The van der Waals surface area contributed by atoms with Crippen LogP contribution in [0.15, 0.2) is 97.1 Å². The maximum atomic E-state index is 10.2. The fraction of sp³-hybridized carbons (Fsp3) is 0.0833. The second-order valence-corrected chi connectivity index (χ2v) is 5.35. The van der Waals surface area contributed by atoms with Gasteiger partial charge in [0.1, 0.15) is 0 Å². The number of hydrogen-bond donors (Lipinski definition) is 2. The van der Waals surface area contributed by atoms with Crippen molar-refractivity contribution in [2.45, 2.75) is 12.8 Å². The summed E-state index contributed by atoms with van der Waals surface area (Å²) in [6.07, 6.45) is 20.0. The molecular weight excluding hydrogens is 400 g/mol. The third-order valence-electron chi connectivity index (χ3n) is 3.21. The Balaban J connectivity index is 0.000000369. The van der Waals surface area contributed by atoms with Crippen LogP contribution in [0, 0.1) is 12.2 Å². The zero-order valence-corrected chi connectivity index (χ0v) is 17.4. The Kier molecular flexibility index (Phi) is 15.4. The zero-order valence-electron chi connectivity index (χ0n) is 15.9. The van der Waals surface area contributed by atoms with Crippen molar-refractivity contribution in [3.8, 4) is 0 Å². The monoisotopic (exact) mass is 422 g/mol. The molecule has 2 aliphatic rings. The average molecular weight is 422 g/mol. The Morgan fingerprint density at radius 2 is 1.00 bits per heavy atom. The number of carbonyl (C=O) groups is 2. The minimum Gasteiger partial charge on any atom is -0.478 e. The summed E-state index contributed by atoms with van der Waals surface area (Å²) in [5.74, 6) is -1.76. The maximum Gasteiger partial charge on any atom is 2.00 e. The molecule has 0 bridgehead atoms. The van der Waals surface area contributed by atoms with Gasteiger partial charge in [0.2, 0.25) is 0 Å². The molecule has 0 heterocycles. The van der Waals surface area contributed by atoms with Crippen LogP contribution in [-0.4, -0.2) is 22.2 Å². The van der Waals surface area contributed by atoms with E-state index in [0.717, 1.165) is 12.8 Å². The number of benzene rings is 2. The normalized spacial score (nSPS) is 11.6. The van der Waals surface area contributed by atoms with E-state index in [9.17, 15) is 9.59 Å². The molecule has 4 nitrogen and oxygen atoms in total. The fourth-order valence-corrected chi connectivity index (χ4v) is 1.84. The van der Waals surface area contributed by atoms with Crippen molar-refractivity contribution in [1.82, 2.24) is 0 Å². The second-order valence-electron chi connectivity index (χ2n) is 5.35. The SMILES string of the molecule is O=C(O)c1ccccc1.O=C(O)c1ccccc1.[C-]1=CC=CC1.[C-]1=CC=CC1.[Ti+2]. The Morgan fingerprint density at radius 3 is 1.14 bits per heavy atom. The number of carboxylic acids is 2. The van der Waals surface area contributed by atoms with Gasteiger partial charge in [-0.3, -0.25) is 12.2 Å². The molecule has 0 aliphatic heterocycles. The van der Waals surface area contributed by atoms with Crippen molar-refractivity contribution in [3.05, 3.63) is 120 Å². The predicted octanol–water partition coefficient (Wildman–Crippen LogP) is 5.38. The molecule has 29 heavy (non-hydrogen) atoms. The van der Waals surface area contributed by atoms with Crippen LogP contribution in [0.5, 0.6) is 0 Å².